The number of hydrogen-bond acceptors (Lipinski definition) is 5. The van der Waals surface area contributed by atoms with Gasteiger partial charge in [-0.15, -0.1) is 0 Å². The van der Waals surface area contributed by atoms with Crippen LogP contribution in [-0.2, 0) is 23.7 Å². The van der Waals surface area contributed by atoms with Crippen molar-refractivity contribution in [2.24, 2.45) is 0 Å². The summed E-state index contributed by atoms with van der Waals surface area (Å²) in [6, 6.07) is 0. The zero-order valence-electron chi connectivity index (χ0n) is 10.1. The summed E-state index contributed by atoms with van der Waals surface area (Å²) >= 11 is 0. The van der Waals surface area contributed by atoms with Crippen LogP contribution in [0.5, 0.6) is 0 Å². The fraction of sp³-hybridized carbons (Fsp3) is 1.00. The zero-order valence-corrected chi connectivity index (χ0v) is 10.1. The molecule has 0 amide bonds. The SMILES string of the molecule is CC1(C)O[C@H]2O[C@H]3COC(C)(C)O[C@H]3[C@H]2O1. The molecule has 16 heavy (non-hydrogen) atoms. The van der Waals surface area contributed by atoms with Gasteiger partial charge in [-0.1, -0.05) is 0 Å². The molecule has 5 nitrogen and oxygen atoms in total. The summed E-state index contributed by atoms with van der Waals surface area (Å²) in [5.74, 6) is -1.17. The molecule has 3 aliphatic rings. The molecule has 5 heteroatoms. The highest BCUT2D eigenvalue weighted by molar-refractivity contribution is 4.96. The molecule has 0 aromatic rings. The van der Waals surface area contributed by atoms with Crippen molar-refractivity contribution in [1.29, 1.82) is 0 Å². The van der Waals surface area contributed by atoms with E-state index in [1.54, 1.807) is 0 Å². The zero-order chi connectivity index (χ0) is 11.6. The largest absolute Gasteiger partial charge is 0.348 e. The van der Waals surface area contributed by atoms with Crippen molar-refractivity contribution in [3.63, 3.8) is 0 Å². The number of hydrogen-bond donors (Lipinski definition) is 0. The predicted octanol–water partition coefficient (Wildman–Crippen LogP) is 1.01. The maximum absolute atomic E-state index is 5.85. The summed E-state index contributed by atoms with van der Waals surface area (Å²) in [6.45, 7) is 8.09. The Morgan fingerprint density at radius 3 is 2.31 bits per heavy atom. The molecule has 0 bridgehead atoms. The Morgan fingerprint density at radius 1 is 0.875 bits per heavy atom. The second kappa shape index (κ2) is 3.17. The van der Waals surface area contributed by atoms with Gasteiger partial charge in [-0.05, 0) is 27.7 Å². The monoisotopic (exact) mass is 230 g/mol. The van der Waals surface area contributed by atoms with Crippen LogP contribution in [0.1, 0.15) is 27.7 Å². The van der Waals surface area contributed by atoms with Gasteiger partial charge < -0.3 is 23.7 Å². The molecule has 92 valence electrons. The average molecular weight is 230 g/mol. The highest BCUT2D eigenvalue weighted by atomic mass is 16.9. The summed E-state index contributed by atoms with van der Waals surface area (Å²) in [4.78, 5) is 0. The van der Waals surface area contributed by atoms with Crippen LogP contribution in [-0.4, -0.2) is 42.8 Å². The molecule has 4 atom stereocenters. The molecule has 0 N–H and O–H groups in total. The van der Waals surface area contributed by atoms with Crippen LogP contribution >= 0.6 is 0 Å². The normalized spacial score (nSPS) is 48.8. The molecule has 0 spiro atoms. The van der Waals surface area contributed by atoms with Crippen molar-refractivity contribution >= 4 is 0 Å². The number of ether oxygens (including phenoxy) is 5. The van der Waals surface area contributed by atoms with E-state index in [4.69, 9.17) is 23.7 Å². The molecular weight excluding hydrogens is 212 g/mol. The molecule has 0 radical (unpaired) electrons. The maximum atomic E-state index is 5.85. The van der Waals surface area contributed by atoms with Crippen LogP contribution < -0.4 is 0 Å². The second-order valence-corrected chi connectivity index (χ2v) is 5.44. The fourth-order valence-corrected chi connectivity index (χ4v) is 2.47. The van der Waals surface area contributed by atoms with Crippen LogP contribution in [0.2, 0.25) is 0 Å². The lowest BCUT2D eigenvalue weighted by molar-refractivity contribution is -0.319. The minimum absolute atomic E-state index is 0.0841. The van der Waals surface area contributed by atoms with Gasteiger partial charge in [0.2, 0.25) is 0 Å². The molecule has 0 saturated carbocycles. The van der Waals surface area contributed by atoms with Crippen LogP contribution in [0.4, 0.5) is 0 Å². The lowest BCUT2D eigenvalue weighted by Gasteiger charge is -2.38. The summed E-state index contributed by atoms with van der Waals surface area (Å²) in [5, 5.41) is 0. The van der Waals surface area contributed by atoms with Crippen LogP contribution in [0.15, 0.2) is 0 Å². The van der Waals surface area contributed by atoms with Crippen molar-refractivity contribution in [2.75, 3.05) is 6.61 Å². The Kier molecular flexibility index (Phi) is 2.17. The maximum Gasteiger partial charge on any atom is 0.190 e. The van der Waals surface area contributed by atoms with E-state index in [2.05, 4.69) is 0 Å². The summed E-state index contributed by atoms with van der Waals surface area (Å²) in [6.07, 6.45) is -0.666. The third-order valence-electron chi connectivity index (χ3n) is 3.10. The van der Waals surface area contributed by atoms with Gasteiger partial charge in [0.1, 0.15) is 18.3 Å². The van der Waals surface area contributed by atoms with E-state index in [1.165, 1.54) is 0 Å². The smallest absolute Gasteiger partial charge is 0.190 e. The van der Waals surface area contributed by atoms with Gasteiger partial charge in [0.15, 0.2) is 17.9 Å². The number of rotatable bonds is 0. The highest BCUT2D eigenvalue weighted by Crippen LogP contribution is 2.42. The third kappa shape index (κ3) is 1.67. The molecular formula is C11H18O5. The van der Waals surface area contributed by atoms with Gasteiger partial charge in [0.05, 0.1) is 6.61 Å². The average Bonchev–Trinajstić information content (AvgIpc) is 2.57. The van der Waals surface area contributed by atoms with E-state index in [-0.39, 0.29) is 24.6 Å². The second-order valence-electron chi connectivity index (χ2n) is 5.44. The van der Waals surface area contributed by atoms with E-state index >= 15 is 0 Å². The van der Waals surface area contributed by atoms with Gasteiger partial charge in [0.25, 0.3) is 0 Å². The van der Waals surface area contributed by atoms with Crippen molar-refractivity contribution in [3.8, 4) is 0 Å². The van der Waals surface area contributed by atoms with Gasteiger partial charge in [-0.2, -0.15) is 0 Å². The van der Waals surface area contributed by atoms with Crippen LogP contribution in [0.3, 0.4) is 0 Å². The van der Waals surface area contributed by atoms with E-state index in [0.717, 1.165) is 0 Å². The molecule has 3 rings (SSSR count). The number of fused-ring (bicyclic) bond motifs is 3. The lowest BCUT2D eigenvalue weighted by atomic mass is 10.1. The predicted molar refractivity (Wildman–Crippen MR) is 53.6 cm³/mol. The van der Waals surface area contributed by atoms with Gasteiger partial charge >= 0.3 is 0 Å². The Balaban J connectivity index is 1.78. The van der Waals surface area contributed by atoms with Gasteiger partial charge in [-0.3, -0.25) is 0 Å². The van der Waals surface area contributed by atoms with Crippen molar-refractivity contribution in [2.45, 2.75) is 63.9 Å². The topological polar surface area (TPSA) is 46.2 Å². The Labute approximate surface area is 94.9 Å². The molecule has 0 aromatic carbocycles. The first-order valence-electron chi connectivity index (χ1n) is 5.69. The van der Waals surface area contributed by atoms with E-state index < -0.39 is 11.6 Å². The Bertz CT molecular complexity index is 301. The lowest BCUT2D eigenvalue weighted by Crippen LogP contribution is -2.50. The van der Waals surface area contributed by atoms with Crippen molar-refractivity contribution < 1.29 is 23.7 Å². The first-order chi connectivity index (χ1) is 7.36. The quantitative estimate of drug-likeness (QED) is 0.621. The Hall–Kier alpha value is -0.200. The molecule has 0 unspecified atom stereocenters. The molecule has 3 heterocycles. The highest BCUT2D eigenvalue weighted by Gasteiger charge is 2.58. The van der Waals surface area contributed by atoms with E-state index in [0.29, 0.717) is 6.61 Å². The van der Waals surface area contributed by atoms with Crippen LogP contribution in [0.25, 0.3) is 0 Å². The Morgan fingerprint density at radius 2 is 1.56 bits per heavy atom. The van der Waals surface area contributed by atoms with Crippen molar-refractivity contribution in [1.82, 2.24) is 0 Å². The summed E-state index contributed by atoms with van der Waals surface area (Å²) in [5.41, 5.74) is 0. The molecule has 3 saturated heterocycles. The molecule has 0 aliphatic carbocycles. The van der Waals surface area contributed by atoms with Gasteiger partial charge in [-0.25, -0.2) is 0 Å². The van der Waals surface area contributed by atoms with Gasteiger partial charge in [0, 0.05) is 0 Å². The summed E-state index contributed by atoms with van der Waals surface area (Å²) < 4.78 is 28.6. The fourth-order valence-electron chi connectivity index (χ4n) is 2.47. The van der Waals surface area contributed by atoms with Crippen LogP contribution in [0, 0.1) is 0 Å². The third-order valence-corrected chi connectivity index (χ3v) is 3.10. The summed E-state index contributed by atoms with van der Waals surface area (Å²) in [7, 11) is 0. The molecule has 0 aromatic heterocycles. The molecule has 3 fully saturated rings. The van der Waals surface area contributed by atoms with E-state index in [9.17, 15) is 0 Å². The first-order valence-corrected chi connectivity index (χ1v) is 5.69. The van der Waals surface area contributed by atoms with E-state index in [1.807, 2.05) is 27.7 Å². The standard InChI is InChI=1S/C11H18O5/c1-10(2)12-5-6-7(14-10)8-9(13-6)16-11(3,4)15-8/h6-9H,5H2,1-4H3/t6-,7+,8+,9+/m0/s1. The van der Waals surface area contributed by atoms with Crippen molar-refractivity contribution in [3.05, 3.63) is 0 Å². The molecule has 3 aliphatic heterocycles. The minimum atomic E-state index is -0.591. The minimum Gasteiger partial charge on any atom is -0.348 e. The first kappa shape index (κ1) is 10.9.